The fourth-order valence-electron chi connectivity index (χ4n) is 2.54. The van der Waals surface area contributed by atoms with Gasteiger partial charge >= 0.3 is 12.6 Å². The van der Waals surface area contributed by atoms with Gasteiger partial charge in [0, 0.05) is 11.6 Å². The average Bonchev–Trinajstić information content (AvgIpc) is 2.89. The smallest absolute Gasteiger partial charge is 0.387 e. The number of rotatable bonds is 6. The zero-order valence-electron chi connectivity index (χ0n) is 10.9. The molecule has 1 aliphatic rings. The van der Waals surface area contributed by atoms with Crippen molar-refractivity contribution in [3.05, 3.63) is 29.8 Å². The van der Waals surface area contributed by atoms with Crippen LogP contribution in [0.15, 0.2) is 24.3 Å². The van der Waals surface area contributed by atoms with E-state index in [1.54, 1.807) is 6.07 Å². The molecule has 1 unspecified atom stereocenters. The van der Waals surface area contributed by atoms with Gasteiger partial charge in [0.15, 0.2) is 0 Å². The second kappa shape index (κ2) is 6.65. The molecule has 20 heavy (non-hydrogen) atoms. The molecule has 1 saturated carbocycles. The first-order valence-electron chi connectivity index (χ1n) is 6.60. The molecule has 0 radical (unpaired) electrons. The molecule has 0 amide bonds. The molecule has 1 aliphatic carbocycles. The number of ether oxygens (including phenoxy) is 1. The summed E-state index contributed by atoms with van der Waals surface area (Å²) in [5.74, 6) is -1.19. The molecule has 2 N–H and O–H groups in total. The van der Waals surface area contributed by atoms with Crippen molar-refractivity contribution in [1.29, 1.82) is 0 Å². The van der Waals surface area contributed by atoms with E-state index >= 15 is 0 Å². The van der Waals surface area contributed by atoms with E-state index in [2.05, 4.69) is 10.1 Å². The van der Waals surface area contributed by atoms with E-state index in [-0.39, 0.29) is 17.4 Å². The van der Waals surface area contributed by atoms with Gasteiger partial charge in [0.05, 0.1) is 0 Å². The van der Waals surface area contributed by atoms with Crippen molar-refractivity contribution in [1.82, 2.24) is 5.32 Å². The Morgan fingerprint density at radius 3 is 2.55 bits per heavy atom. The summed E-state index contributed by atoms with van der Waals surface area (Å²) in [4.78, 5) is 11.4. The molecule has 0 bridgehead atoms. The lowest BCUT2D eigenvalue weighted by Crippen LogP contribution is -2.35. The molecule has 0 saturated heterocycles. The number of carboxylic acids is 1. The summed E-state index contributed by atoms with van der Waals surface area (Å²) in [6.45, 7) is -2.97. The van der Waals surface area contributed by atoms with Crippen LogP contribution in [-0.4, -0.2) is 23.7 Å². The molecule has 4 nitrogen and oxygen atoms in total. The number of hydrogen-bond acceptors (Lipinski definition) is 3. The van der Waals surface area contributed by atoms with Gasteiger partial charge in [0.2, 0.25) is 0 Å². The van der Waals surface area contributed by atoms with Gasteiger partial charge in [0.1, 0.15) is 11.8 Å². The van der Waals surface area contributed by atoms with Crippen LogP contribution in [0.3, 0.4) is 0 Å². The highest BCUT2D eigenvalue weighted by Gasteiger charge is 2.28. The second-order valence-corrected chi connectivity index (χ2v) is 4.84. The van der Waals surface area contributed by atoms with Gasteiger partial charge in [0.25, 0.3) is 0 Å². The lowest BCUT2D eigenvalue weighted by atomic mass is 10.0. The van der Waals surface area contributed by atoms with Crippen LogP contribution in [0, 0.1) is 0 Å². The van der Waals surface area contributed by atoms with E-state index in [0.717, 1.165) is 25.7 Å². The minimum Gasteiger partial charge on any atom is -0.480 e. The summed E-state index contributed by atoms with van der Waals surface area (Å²) >= 11 is 0. The van der Waals surface area contributed by atoms with E-state index < -0.39 is 18.6 Å². The SMILES string of the molecule is O=C(O)C(NC1CCCC1)c1ccccc1OC(F)F. The first kappa shape index (κ1) is 14.7. The number of carboxylic acid groups (broad SMARTS) is 1. The Kier molecular flexibility index (Phi) is 4.89. The van der Waals surface area contributed by atoms with Gasteiger partial charge in [-0.3, -0.25) is 10.1 Å². The third kappa shape index (κ3) is 3.66. The molecule has 1 fully saturated rings. The maximum absolute atomic E-state index is 12.4. The predicted molar refractivity (Wildman–Crippen MR) is 68.8 cm³/mol. The van der Waals surface area contributed by atoms with Crippen LogP contribution in [0.25, 0.3) is 0 Å². The van der Waals surface area contributed by atoms with Gasteiger partial charge in [-0.1, -0.05) is 31.0 Å². The number of aliphatic carboxylic acids is 1. The van der Waals surface area contributed by atoms with E-state index in [0.29, 0.717) is 0 Å². The number of alkyl halides is 2. The molecule has 0 aliphatic heterocycles. The minimum absolute atomic E-state index is 0.0969. The molecular weight excluding hydrogens is 268 g/mol. The number of halogens is 2. The highest BCUT2D eigenvalue weighted by Crippen LogP contribution is 2.29. The van der Waals surface area contributed by atoms with Crippen LogP contribution >= 0.6 is 0 Å². The van der Waals surface area contributed by atoms with Gasteiger partial charge < -0.3 is 9.84 Å². The van der Waals surface area contributed by atoms with E-state index in [9.17, 15) is 18.7 Å². The van der Waals surface area contributed by atoms with Crippen molar-refractivity contribution in [3.8, 4) is 5.75 Å². The third-order valence-electron chi connectivity index (χ3n) is 3.45. The summed E-state index contributed by atoms with van der Waals surface area (Å²) in [5, 5.41) is 12.4. The van der Waals surface area contributed by atoms with E-state index in [4.69, 9.17) is 0 Å². The molecule has 6 heteroatoms. The van der Waals surface area contributed by atoms with Crippen molar-refractivity contribution < 1.29 is 23.4 Å². The van der Waals surface area contributed by atoms with Crippen LogP contribution in [0.1, 0.15) is 37.3 Å². The Morgan fingerprint density at radius 2 is 1.95 bits per heavy atom. The van der Waals surface area contributed by atoms with Gasteiger partial charge in [-0.05, 0) is 18.9 Å². The number of carbonyl (C=O) groups is 1. The molecule has 1 atom stereocenters. The maximum Gasteiger partial charge on any atom is 0.387 e. The topological polar surface area (TPSA) is 58.6 Å². The number of hydrogen-bond donors (Lipinski definition) is 2. The quantitative estimate of drug-likeness (QED) is 0.843. The first-order chi connectivity index (χ1) is 9.58. The van der Waals surface area contributed by atoms with Crippen molar-refractivity contribution in [2.75, 3.05) is 0 Å². The van der Waals surface area contributed by atoms with Gasteiger partial charge in [-0.25, -0.2) is 0 Å². The zero-order valence-corrected chi connectivity index (χ0v) is 10.9. The van der Waals surface area contributed by atoms with Crippen molar-refractivity contribution in [2.24, 2.45) is 0 Å². The summed E-state index contributed by atoms with van der Waals surface area (Å²) in [7, 11) is 0. The van der Waals surface area contributed by atoms with Crippen LogP contribution in [-0.2, 0) is 4.79 Å². The number of para-hydroxylation sites is 1. The monoisotopic (exact) mass is 285 g/mol. The van der Waals surface area contributed by atoms with Crippen molar-refractivity contribution in [3.63, 3.8) is 0 Å². The highest BCUT2D eigenvalue weighted by atomic mass is 19.3. The van der Waals surface area contributed by atoms with Crippen molar-refractivity contribution >= 4 is 5.97 Å². The zero-order chi connectivity index (χ0) is 14.5. The molecule has 2 rings (SSSR count). The van der Waals surface area contributed by atoms with Gasteiger partial charge in [-0.2, -0.15) is 8.78 Å². The van der Waals surface area contributed by atoms with E-state index in [1.165, 1.54) is 18.2 Å². The lowest BCUT2D eigenvalue weighted by Gasteiger charge is -2.21. The van der Waals surface area contributed by atoms with Gasteiger partial charge in [-0.15, -0.1) is 0 Å². The average molecular weight is 285 g/mol. The highest BCUT2D eigenvalue weighted by molar-refractivity contribution is 5.76. The first-order valence-corrected chi connectivity index (χ1v) is 6.60. The Bertz CT molecular complexity index is 461. The summed E-state index contributed by atoms with van der Waals surface area (Å²) in [5.41, 5.74) is 0.229. The standard InChI is InChI=1S/C14H17F2NO3/c15-14(16)20-11-8-4-3-7-10(11)12(13(18)19)17-9-5-1-2-6-9/h3-4,7-9,12,14,17H,1-2,5-6H2,(H,18,19). The van der Waals surface area contributed by atoms with E-state index in [1.807, 2.05) is 0 Å². The molecule has 0 heterocycles. The molecular formula is C14H17F2NO3. The maximum atomic E-state index is 12.4. The lowest BCUT2D eigenvalue weighted by molar-refractivity contribution is -0.140. The number of nitrogens with one attached hydrogen (secondary N) is 1. The minimum atomic E-state index is -2.97. The molecule has 0 spiro atoms. The summed E-state index contributed by atoms with van der Waals surface area (Å²) < 4.78 is 29.2. The van der Waals surface area contributed by atoms with Crippen LogP contribution in [0.2, 0.25) is 0 Å². The molecule has 1 aromatic carbocycles. The van der Waals surface area contributed by atoms with Crippen molar-refractivity contribution in [2.45, 2.75) is 44.4 Å². The summed E-state index contributed by atoms with van der Waals surface area (Å²) in [6.07, 6.45) is 3.92. The molecule has 0 aromatic heterocycles. The fourth-order valence-corrected chi connectivity index (χ4v) is 2.54. The normalized spacial score (nSPS) is 17.4. The Labute approximate surface area is 115 Å². The molecule has 110 valence electrons. The van der Waals surface area contributed by atoms with Crippen LogP contribution < -0.4 is 10.1 Å². The largest absolute Gasteiger partial charge is 0.480 e. The summed E-state index contributed by atoms with van der Waals surface area (Å²) in [6, 6.07) is 5.07. The second-order valence-electron chi connectivity index (χ2n) is 4.84. The Balaban J connectivity index is 2.21. The predicted octanol–water partition coefficient (Wildman–Crippen LogP) is 2.95. The number of benzene rings is 1. The third-order valence-corrected chi connectivity index (χ3v) is 3.45. The Morgan fingerprint density at radius 1 is 1.30 bits per heavy atom. The Hall–Kier alpha value is -1.69. The van der Waals surface area contributed by atoms with Crippen LogP contribution in [0.4, 0.5) is 8.78 Å². The fraction of sp³-hybridized carbons (Fsp3) is 0.500. The molecule has 1 aromatic rings. The van der Waals surface area contributed by atoms with Crippen LogP contribution in [0.5, 0.6) is 5.75 Å².